The highest BCUT2D eigenvalue weighted by atomic mass is 79.9. The Hall–Kier alpha value is -1.86. The van der Waals surface area contributed by atoms with Crippen LogP contribution in [0.25, 0.3) is 0 Å². The molecule has 144 valence electrons. The van der Waals surface area contributed by atoms with Gasteiger partial charge in [0.15, 0.2) is 0 Å². The topological polar surface area (TPSA) is 64.6 Å². The van der Waals surface area contributed by atoms with Gasteiger partial charge in [0.25, 0.3) is 5.91 Å². The zero-order valence-corrected chi connectivity index (χ0v) is 17.8. The maximum Gasteiger partial charge on any atom is 0.341 e. The molecule has 1 heterocycles. The van der Waals surface area contributed by atoms with Gasteiger partial charge in [-0.2, -0.15) is 0 Å². The van der Waals surface area contributed by atoms with Crippen molar-refractivity contribution in [2.24, 2.45) is 0 Å². The standard InChI is InChI=1S/C20H22BrNO4S/c1-3-10-26-15-9-8-12(21)11-14(15)18(23)22-19-17(20(24)25-4-2)13-6-5-7-16(13)27-19/h8-9,11H,3-7,10H2,1-2H3,(H,22,23). The van der Waals surface area contributed by atoms with Crippen LogP contribution in [0.1, 0.15) is 57.8 Å². The number of esters is 1. The van der Waals surface area contributed by atoms with Gasteiger partial charge in [-0.15, -0.1) is 11.3 Å². The molecule has 27 heavy (non-hydrogen) atoms. The summed E-state index contributed by atoms with van der Waals surface area (Å²) in [6.45, 7) is 4.62. The molecule has 0 atom stereocenters. The quantitative estimate of drug-likeness (QED) is 0.586. The van der Waals surface area contributed by atoms with E-state index < -0.39 is 0 Å². The van der Waals surface area contributed by atoms with Gasteiger partial charge in [-0.25, -0.2) is 4.79 Å². The first kappa shape index (κ1) is 19.9. The van der Waals surface area contributed by atoms with E-state index in [4.69, 9.17) is 9.47 Å². The first-order chi connectivity index (χ1) is 13.0. The summed E-state index contributed by atoms with van der Waals surface area (Å²) in [7, 11) is 0. The molecule has 7 heteroatoms. The van der Waals surface area contributed by atoms with Crippen molar-refractivity contribution in [1.82, 2.24) is 0 Å². The van der Waals surface area contributed by atoms with Gasteiger partial charge in [-0.3, -0.25) is 4.79 Å². The molecule has 0 bridgehead atoms. The maximum atomic E-state index is 13.0. The molecule has 0 unspecified atom stereocenters. The number of carbonyl (C=O) groups is 2. The predicted octanol–water partition coefficient (Wildman–Crippen LogP) is 5.22. The maximum absolute atomic E-state index is 13.0. The van der Waals surface area contributed by atoms with E-state index in [0.29, 0.717) is 35.1 Å². The number of rotatable bonds is 7. The Bertz CT molecular complexity index is 862. The molecular weight excluding hydrogens is 430 g/mol. The molecule has 0 spiro atoms. The number of anilines is 1. The highest BCUT2D eigenvalue weighted by Gasteiger charge is 2.29. The Morgan fingerprint density at radius 3 is 2.81 bits per heavy atom. The van der Waals surface area contributed by atoms with Crippen LogP contribution in [-0.4, -0.2) is 25.1 Å². The number of thiophene rings is 1. The van der Waals surface area contributed by atoms with E-state index in [0.717, 1.165) is 40.6 Å². The molecule has 1 aromatic heterocycles. The second-order valence-corrected chi connectivity index (χ2v) is 8.25. The summed E-state index contributed by atoms with van der Waals surface area (Å²) in [4.78, 5) is 26.6. The van der Waals surface area contributed by atoms with Gasteiger partial charge >= 0.3 is 5.97 Å². The Kier molecular flexibility index (Phi) is 6.55. The summed E-state index contributed by atoms with van der Waals surface area (Å²) < 4.78 is 11.7. The Morgan fingerprint density at radius 2 is 2.07 bits per heavy atom. The number of nitrogens with one attached hydrogen (secondary N) is 1. The van der Waals surface area contributed by atoms with Crippen LogP contribution in [0.4, 0.5) is 5.00 Å². The lowest BCUT2D eigenvalue weighted by Gasteiger charge is -2.12. The SMILES string of the molecule is CCCOc1ccc(Br)cc1C(=O)Nc1sc2c(c1C(=O)OCC)CCC2. The van der Waals surface area contributed by atoms with Crippen molar-refractivity contribution < 1.29 is 19.1 Å². The molecule has 1 aromatic carbocycles. The number of fused-ring (bicyclic) bond motifs is 1. The molecule has 3 rings (SSSR count). The van der Waals surface area contributed by atoms with Gasteiger partial charge in [-0.05, 0) is 56.4 Å². The number of halogens is 1. The molecule has 0 radical (unpaired) electrons. The van der Waals surface area contributed by atoms with E-state index in [2.05, 4.69) is 21.2 Å². The number of aryl methyl sites for hydroxylation is 1. The van der Waals surface area contributed by atoms with Gasteiger partial charge < -0.3 is 14.8 Å². The number of benzene rings is 1. The second-order valence-electron chi connectivity index (χ2n) is 6.23. The molecular formula is C20H22BrNO4S. The van der Waals surface area contributed by atoms with Gasteiger partial charge in [0, 0.05) is 9.35 Å². The summed E-state index contributed by atoms with van der Waals surface area (Å²) in [5.41, 5.74) is 1.96. The van der Waals surface area contributed by atoms with Crippen LogP contribution in [0.5, 0.6) is 5.75 Å². The van der Waals surface area contributed by atoms with Crippen molar-refractivity contribution in [3.8, 4) is 5.75 Å². The molecule has 1 aliphatic carbocycles. The number of carbonyl (C=O) groups excluding carboxylic acids is 2. The van der Waals surface area contributed by atoms with Crippen molar-refractivity contribution >= 4 is 44.1 Å². The van der Waals surface area contributed by atoms with Crippen molar-refractivity contribution in [3.63, 3.8) is 0 Å². The lowest BCUT2D eigenvalue weighted by atomic mass is 10.1. The number of hydrogen-bond acceptors (Lipinski definition) is 5. The fourth-order valence-electron chi connectivity index (χ4n) is 3.10. The molecule has 0 saturated carbocycles. The van der Waals surface area contributed by atoms with Crippen molar-refractivity contribution in [2.75, 3.05) is 18.5 Å². The monoisotopic (exact) mass is 451 g/mol. The Balaban J connectivity index is 1.91. The van der Waals surface area contributed by atoms with E-state index in [9.17, 15) is 9.59 Å². The Morgan fingerprint density at radius 1 is 1.26 bits per heavy atom. The Labute approximate surface area is 171 Å². The van der Waals surface area contributed by atoms with Gasteiger partial charge in [0.1, 0.15) is 10.8 Å². The molecule has 0 fully saturated rings. The summed E-state index contributed by atoms with van der Waals surface area (Å²) in [6.07, 6.45) is 3.66. The normalized spacial score (nSPS) is 12.6. The van der Waals surface area contributed by atoms with Crippen LogP contribution in [0.3, 0.4) is 0 Å². The first-order valence-electron chi connectivity index (χ1n) is 9.10. The summed E-state index contributed by atoms with van der Waals surface area (Å²) in [6, 6.07) is 5.34. The molecule has 0 saturated heterocycles. The lowest BCUT2D eigenvalue weighted by molar-refractivity contribution is 0.0527. The van der Waals surface area contributed by atoms with Crippen molar-refractivity contribution in [1.29, 1.82) is 0 Å². The van der Waals surface area contributed by atoms with Crippen LogP contribution in [0.2, 0.25) is 0 Å². The predicted molar refractivity (Wildman–Crippen MR) is 110 cm³/mol. The van der Waals surface area contributed by atoms with Crippen molar-refractivity contribution in [3.05, 3.63) is 44.2 Å². The fourth-order valence-corrected chi connectivity index (χ4v) is 4.73. The van der Waals surface area contributed by atoms with Gasteiger partial charge in [0.05, 0.1) is 24.3 Å². The fraction of sp³-hybridized carbons (Fsp3) is 0.400. The van der Waals surface area contributed by atoms with Gasteiger partial charge in [-0.1, -0.05) is 22.9 Å². The molecule has 5 nitrogen and oxygen atoms in total. The molecule has 1 aliphatic rings. The number of amides is 1. The largest absolute Gasteiger partial charge is 0.493 e. The van der Waals surface area contributed by atoms with Crippen LogP contribution in [-0.2, 0) is 17.6 Å². The van der Waals surface area contributed by atoms with Crippen LogP contribution >= 0.6 is 27.3 Å². The average molecular weight is 452 g/mol. The average Bonchev–Trinajstić information content (AvgIpc) is 3.21. The third kappa shape index (κ3) is 4.35. The van der Waals surface area contributed by atoms with Crippen molar-refractivity contribution in [2.45, 2.75) is 39.5 Å². The smallest absolute Gasteiger partial charge is 0.341 e. The highest BCUT2D eigenvalue weighted by Crippen LogP contribution is 2.40. The minimum atomic E-state index is -0.371. The van der Waals surface area contributed by atoms with E-state index >= 15 is 0 Å². The third-order valence-corrected chi connectivity index (χ3v) is 5.98. The molecule has 1 amide bonds. The summed E-state index contributed by atoms with van der Waals surface area (Å²) >= 11 is 4.87. The highest BCUT2D eigenvalue weighted by molar-refractivity contribution is 9.10. The molecule has 1 N–H and O–H groups in total. The van der Waals surface area contributed by atoms with E-state index in [1.54, 1.807) is 19.1 Å². The van der Waals surface area contributed by atoms with E-state index in [-0.39, 0.29) is 11.9 Å². The first-order valence-corrected chi connectivity index (χ1v) is 10.7. The van der Waals surface area contributed by atoms with Crippen LogP contribution in [0.15, 0.2) is 22.7 Å². The zero-order chi connectivity index (χ0) is 19.4. The third-order valence-electron chi connectivity index (χ3n) is 4.28. The summed E-state index contributed by atoms with van der Waals surface area (Å²) in [5.74, 6) is -0.142. The summed E-state index contributed by atoms with van der Waals surface area (Å²) in [5, 5.41) is 3.48. The van der Waals surface area contributed by atoms with E-state index in [1.165, 1.54) is 11.3 Å². The number of hydrogen-bond donors (Lipinski definition) is 1. The minimum absolute atomic E-state index is 0.298. The zero-order valence-electron chi connectivity index (χ0n) is 15.4. The second kappa shape index (κ2) is 8.89. The number of ether oxygens (including phenoxy) is 2. The lowest BCUT2D eigenvalue weighted by Crippen LogP contribution is -2.16. The van der Waals surface area contributed by atoms with E-state index in [1.807, 2.05) is 13.0 Å². The van der Waals surface area contributed by atoms with Crippen LogP contribution < -0.4 is 10.1 Å². The molecule has 2 aromatic rings. The van der Waals surface area contributed by atoms with Crippen LogP contribution in [0, 0.1) is 0 Å². The molecule has 0 aliphatic heterocycles. The minimum Gasteiger partial charge on any atom is -0.493 e. The van der Waals surface area contributed by atoms with Gasteiger partial charge in [0.2, 0.25) is 0 Å².